The van der Waals surface area contributed by atoms with Crippen molar-refractivity contribution in [2.45, 2.75) is 25.4 Å². The summed E-state index contributed by atoms with van der Waals surface area (Å²) in [6, 6.07) is 16.0. The summed E-state index contributed by atoms with van der Waals surface area (Å²) in [7, 11) is 0. The van der Waals surface area contributed by atoms with Gasteiger partial charge in [0, 0.05) is 10.6 Å². The molecule has 142 valence electrons. The van der Waals surface area contributed by atoms with Crippen LogP contribution in [-0.2, 0) is 16.9 Å². The van der Waals surface area contributed by atoms with E-state index in [2.05, 4.69) is 10.3 Å². The summed E-state index contributed by atoms with van der Waals surface area (Å²) in [5, 5.41) is 3.43. The van der Waals surface area contributed by atoms with Crippen LogP contribution in [0.3, 0.4) is 0 Å². The molecular formula is C21H18ClN3O3. The maximum atomic E-state index is 13.2. The van der Waals surface area contributed by atoms with Crippen LogP contribution in [0.1, 0.15) is 24.8 Å². The summed E-state index contributed by atoms with van der Waals surface area (Å²) in [5.41, 5.74) is 0.460. The van der Waals surface area contributed by atoms with Crippen molar-refractivity contribution in [1.82, 2.24) is 15.2 Å². The highest BCUT2D eigenvalue weighted by Crippen LogP contribution is 2.33. The van der Waals surface area contributed by atoms with Crippen molar-refractivity contribution in [1.29, 1.82) is 0 Å². The lowest BCUT2D eigenvalue weighted by Crippen LogP contribution is -2.43. The van der Waals surface area contributed by atoms with Crippen LogP contribution in [0.15, 0.2) is 65.2 Å². The van der Waals surface area contributed by atoms with Crippen LogP contribution in [0.4, 0.5) is 4.79 Å². The molecular weight excluding hydrogens is 378 g/mol. The number of hydrogen-bond acceptors (Lipinski definition) is 4. The summed E-state index contributed by atoms with van der Waals surface area (Å²) in [4.78, 5) is 31.1. The molecule has 3 aromatic rings. The highest BCUT2D eigenvalue weighted by atomic mass is 35.5. The van der Waals surface area contributed by atoms with E-state index in [1.165, 1.54) is 0 Å². The summed E-state index contributed by atoms with van der Waals surface area (Å²) >= 11 is 6.01. The molecule has 2 aromatic carbocycles. The number of nitrogens with zero attached hydrogens (tertiary/aromatic N) is 2. The van der Waals surface area contributed by atoms with E-state index in [1.54, 1.807) is 18.3 Å². The van der Waals surface area contributed by atoms with Gasteiger partial charge in [-0.1, -0.05) is 61.0 Å². The van der Waals surface area contributed by atoms with Crippen molar-refractivity contribution in [3.8, 4) is 11.3 Å². The number of oxazole rings is 1. The van der Waals surface area contributed by atoms with Gasteiger partial charge in [0.15, 0.2) is 5.76 Å². The quantitative estimate of drug-likeness (QED) is 0.651. The van der Waals surface area contributed by atoms with Gasteiger partial charge >= 0.3 is 6.03 Å². The predicted octanol–water partition coefficient (Wildman–Crippen LogP) is 4.35. The van der Waals surface area contributed by atoms with Crippen LogP contribution in [0.25, 0.3) is 11.3 Å². The number of halogens is 1. The average molecular weight is 396 g/mol. The number of aromatic nitrogens is 1. The third-order valence-corrected chi connectivity index (χ3v) is 5.16. The molecule has 3 amide bonds. The van der Waals surface area contributed by atoms with E-state index in [0.29, 0.717) is 17.2 Å². The fourth-order valence-electron chi connectivity index (χ4n) is 3.43. The number of carbonyl (C=O) groups excluding carboxylic acids is 2. The van der Waals surface area contributed by atoms with Gasteiger partial charge in [0.1, 0.15) is 12.1 Å². The molecule has 2 heterocycles. The molecule has 0 aliphatic carbocycles. The smallest absolute Gasteiger partial charge is 0.325 e. The Hall–Kier alpha value is -3.12. The maximum Gasteiger partial charge on any atom is 0.325 e. The third-order valence-electron chi connectivity index (χ3n) is 4.93. The van der Waals surface area contributed by atoms with Gasteiger partial charge in [-0.2, -0.15) is 0 Å². The Morgan fingerprint density at radius 3 is 2.64 bits per heavy atom. The van der Waals surface area contributed by atoms with Crippen LogP contribution in [0.5, 0.6) is 0 Å². The molecule has 0 bridgehead atoms. The van der Waals surface area contributed by atoms with Gasteiger partial charge in [0.05, 0.1) is 6.20 Å². The topological polar surface area (TPSA) is 75.4 Å². The number of amides is 3. The van der Waals surface area contributed by atoms with E-state index in [1.807, 2.05) is 49.4 Å². The molecule has 4 rings (SSSR count). The van der Waals surface area contributed by atoms with Crippen LogP contribution in [0, 0.1) is 0 Å². The normalized spacial score (nSPS) is 19.1. The van der Waals surface area contributed by atoms with Crippen molar-refractivity contribution >= 4 is 23.5 Å². The van der Waals surface area contributed by atoms with Crippen LogP contribution in [0.2, 0.25) is 5.02 Å². The molecule has 0 spiro atoms. The van der Waals surface area contributed by atoms with Gasteiger partial charge in [-0.05, 0) is 24.1 Å². The Kier molecular flexibility index (Phi) is 4.65. The van der Waals surface area contributed by atoms with Gasteiger partial charge in [0.2, 0.25) is 5.89 Å². The number of carbonyl (C=O) groups is 2. The number of urea groups is 1. The lowest BCUT2D eigenvalue weighted by Gasteiger charge is -2.25. The summed E-state index contributed by atoms with van der Waals surface area (Å²) in [6.45, 7) is 1.83. The lowest BCUT2D eigenvalue weighted by atomic mass is 9.87. The standard InChI is InChI=1S/C21H18ClN3O3/c1-2-21(15-8-4-3-5-9-15)19(26)25(20(27)24-21)13-18-23-12-17(28-18)14-7-6-10-16(22)11-14/h3-12H,2,13H2,1H3,(H,24,27). The van der Waals surface area contributed by atoms with E-state index in [9.17, 15) is 9.59 Å². The van der Waals surface area contributed by atoms with E-state index < -0.39 is 11.6 Å². The largest absolute Gasteiger partial charge is 0.439 e. The molecule has 0 saturated carbocycles. The molecule has 1 N–H and O–H groups in total. The molecule has 0 radical (unpaired) electrons. The zero-order valence-corrected chi connectivity index (χ0v) is 15.9. The average Bonchev–Trinajstić information content (AvgIpc) is 3.28. The first-order chi connectivity index (χ1) is 13.5. The zero-order valence-electron chi connectivity index (χ0n) is 15.2. The number of imide groups is 1. The summed E-state index contributed by atoms with van der Waals surface area (Å²) in [6.07, 6.45) is 2.00. The first-order valence-corrected chi connectivity index (χ1v) is 9.31. The minimum absolute atomic E-state index is 0.0418. The monoisotopic (exact) mass is 395 g/mol. The van der Waals surface area contributed by atoms with Crippen molar-refractivity contribution < 1.29 is 14.0 Å². The highest BCUT2D eigenvalue weighted by Gasteiger charge is 2.51. The molecule has 1 atom stereocenters. The van der Waals surface area contributed by atoms with Gasteiger partial charge in [-0.3, -0.25) is 9.69 Å². The first-order valence-electron chi connectivity index (χ1n) is 8.94. The Bertz CT molecular complexity index is 1030. The fraction of sp³-hybridized carbons (Fsp3) is 0.190. The minimum atomic E-state index is -1.07. The SMILES string of the molecule is CCC1(c2ccccc2)NC(=O)N(Cc2ncc(-c3cccc(Cl)c3)o2)C1=O. The molecule has 1 fully saturated rings. The Labute approximate surface area is 167 Å². The summed E-state index contributed by atoms with van der Waals surface area (Å²) < 4.78 is 5.75. The van der Waals surface area contributed by atoms with E-state index in [0.717, 1.165) is 16.0 Å². The zero-order chi connectivity index (χ0) is 19.7. The molecule has 1 aliphatic heterocycles. The second kappa shape index (κ2) is 7.13. The van der Waals surface area contributed by atoms with Gasteiger partial charge in [0.25, 0.3) is 5.91 Å². The van der Waals surface area contributed by atoms with E-state index in [4.69, 9.17) is 16.0 Å². The van der Waals surface area contributed by atoms with Crippen LogP contribution < -0.4 is 5.32 Å². The molecule has 1 saturated heterocycles. The number of nitrogens with one attached hydrogen (secondary N) is 1. The molecule has 1 aliphatic rings. The Morgan fingerprint density at radius 1 is 1.14 bits per heavy atom. The van der Waals surface area contributed by atoms with Crippen molar-refractivity contribution in [3.63, 3.8) is 0 Å². The molecule has 1 aromatic heterocycles. The van der Waals surface area contributed by atoms with Crippen LogP contribution in [-0.4, -0.2) is 21.8 Å². The number of benzene rings is 2. The number of hydrogen-bond donors (Lipinski definition) is 1. The third kappa shape index (κ3) is 3.05. The summed E-state index contributed by atoms with van der Waals surface area (Å²) in [5.74, 6) is 0.488. The van der Waals surface area contributed by atoms with Crippen molar-refractivity contribution in [2.24, 2.45) is 0 Å². The van der Waals surface area contributed by atoms with Crippen LogP contribution >= 0.6 is 11.6 Å². The minimum Gasteiger partial charge on any atom is -0.439 e. The predicted molar refractivity (Wildman–Crippen MR) is 104 cm³/mol. The lowest BCUT2D eigenvalue weighted by molar-refractivity contribution is -0.132. The Balaban J connectivity index is 1.59. The fourth-order valence-corrected chi connectivity index (χ4v) is 3.62. The van der Waals surface area contributed by atoms with Crippen molar-refractivity contribution in [3.05, 3.63) is 77.3 Å². The molecule has 28 heavy (non-hydrogen) atoms. The Morgan fingerprint density at radius 2 is 1.93 bits per heavy atom. The maximum absolute atomic E-state index is 13.2. The highest BCUT2D eigenvalue weighted by molar-refractivity contribution is 6.30. The molecule has 7 heteroatoms. The van der Waals surface area contributed by atoms with Gasteiger partial charge < -0.3 is 9.73 Å². The second-order valence-electron chi connectivity index (χ2n) is 6.57. The van der Waals surface area contributed by atoms with E-state index >= 15 is 0 Å². The van der Waals surface area contributed by atoms with Gasteiger partial charge in [-0.15, -0.1) is 0 Å². The number of rotatable bonds is 5. The van der Waals surface area contributed by atoms with E-state index in [-0.39, 0.29) is 18.3 Å². The molecule has 6 nitrogen and oxygen atoms in total. The second-order valence-corrected chi connectivity index (χ2v) is 7.01. The molecule has 1 unspecified atom stereocenters. The van der Waals surface area contributed by atoms with Gasteiger partial charge in [-0.25, -0.2) is 9.78 Å². The first kappa shape index (κ1) is 18.3. The van der Waals surface area contributed by atoms with Crippen molar-refractivity contribution in [2.75, 3.05) is 0 Å².